The topological polar surface area (TPSA) is 71.1 Å². The summed E-state index contributed by atoms with van der Waals surface area (Å²) in [5, 5.41) is 0. The molecule has 0 amide bonds. The molecule has 2 aromatic rings. The average Bonchev–Trinajstić information content (AvgIpc) is 2.88. The summed E-state index contributed by atoms with van der Waals surface area (Å²) in [6.07, 6.45) is 7.60. The Bertz CT molecular complexity index is 1260. The first-order chi connectivity index (χ1) is 18.5. The summed E-state index contributed by atoms with van der Waals surface area (Å²) in [5.41, 5.74) is 4.02. The zero-order valence-electron chi connectivity index (χ0n) is 24.4. The molecule has 4 bridgehead atoms. The van der Waals surface area contributed by atoms with Crippen LogP contribution in [0, 0.1) is 24.7 Å². The number of benzene rings is 2. The molecule has 0 heterocycles. The minimum absolute atomic E-state index is 0.0839. The van der Waals surface area contributed by atoms with Crippen LogP contribution in [0.25, 0.3) is 0 Å². The lowest BCUT2D eigenvalue weighted by Gasteiger charge is -2.57. The van der Waals surface area contributed by atoms with Gasteiger partial charge in [0.15, 0.2) is 0 Å². The highest BCUT2D eigenvalue weighted by Crippen LogP contribution is 2.62. The van der Waals surface area contributed by atoms with Gasteiger partial charge in [0, 0.05) is 11.1 Å². The molecule has 4 fully saturated rings. The van der Waals surface area contributed by atoms with Crippen LogP contribution in [0.2, 0.25) is 0 Å². The molecule has 0 atom stereocenters. The Kier molecular flexibility index (Phi) is 7.44. The standard InChI is InChI=1S/C32H42O6Si/c1-18-9-23(30(34)36-6)24(17-37-39)27(31(2,3)4)28(18)38-29(33)22-7-8-26(35-5)25(13-22)32-14-19-10-20(15-32)12-21(11-19)16-32/h7-9,13,19-21H,10-12,14-17H2,1-6,39H3. The number of ether oxygens (including phenoxy) is 3. The minimum atomic E-state index is -0.425. The smallest absolute Gasteiger partial charge is 0.343 e. The summed E-state index contributed by atoms with van der Waals surface area (Å²) in [7, 11) is 3.60. The molecule has 0 unspecified atom stereocenters. The summed E-state index contributed by atoms with van der Waals surface area (Å²) >= 11 is 0. The molecular weight excluding hydrogens is 508 g/mol. The van der Waals surface area contributed by atoms with E-state index in [4.69, 9.17) is 18.6 Å². The predicted octanol–water partition coefficient (Wildman–Crippen LogP) is 5.57. The van der Waals surface area contributed by atoms with E-state index in [-0.39, 0.29) is 12.0 Å². The maximum absolute atomic E-state index is 13.8. The van der Waals surface area contributed by atoms with Crippen LogP contribution >= 0.6 is 0 Å². The van der Waals surface area contributed by atoms with Crippen molar-refractivity contribution in [3.8, 4) is 11.5 Å². The van der Waals surface area contributed by atoms with E-state index in [1.54, 1.807) is 13.2 Å². The first-order valence-corrected chi connectivity index (χ1v) is 15.0. The van der Waals surface area contributed by atoms with Gasteiger partial charge in [-0.3, -0.25) is 0 Å². The molecule has 0 saturated heterocycles. The number of esters is 2. The van der Waals surface area contributed by atoms with Gasteiger partial charge in [-0.1, -0.05) is 20.8 Å². The summed E-state index contributed by atoms with van der Waals surface area (Å²) in [6.45, 7) is 8.27. The van der Waals surface area contributed by atoms with Gasteiger partial charge in [-0.15, -0.1) is 0 Å². The van der Waals surface area contributed by atoms with Gasteiger partial charge in [0.2, 0.25) is 0 Å². The average molecular weight is 551 g/mol. The van der Waals surface area contributed by atoms with Gasteiger partial charge >= 0.3 is 11.9 Å². The lowest BCUT2D eigenvalue weighted by atomic mass is 9.48. The van der Waals surface area contributed by atoms with Gasteiger partial charge in [0.05, 0.1) is 32.0 Å². The number of methoxy groups -OCH3 is 2. The predicted molar refractivity (Wildman–Crippen MR) is 154 cm³/mol. The number of hydrogen-bond donors (Lipinski definition) is 0. The van der Waals surface area contributed by atoms with Crippen molar-refractivity contribution in [1.82, 2.24) is 0 Å². The molecule has 7 heteroatoms. The normalized spacial score (nSPS) is 25.5. The maximum atomic E-state index is 13.8. The number of rotatable bonds is 7. The lowest BCUT2D eigenvalue weighted by Crippen LogP contribution is -2.48. The second kappa shape index (κ2) is 10.4. The highest BCUT2D eigenvalue weighted by Gasteiger charge is 2.52. The number of aryl methyl sites for hydroxylation is 1. The molecule has 6 nitrogen and oxygen atoms in total. The van der Waals surface area contributed by atoms with Crippen LogP contribution in [0.3, 0.4) is 0 Å². The van der Waals surface area contributed by atoms with Crippen molar-refractivity contribution in [3.63, 3.8) is 0 Å². The molecule has 0 aromatic heterocycles. The largest absolute Gasteiger partial charge is 0.496 e. The van der Waals surface area contributed by atoms with E-state index >= 15 is 0 Å². The van der Waals surface area contributed by atoms with Gasteiger partial charge in [-0.25, -0.2) is 9.59 Å². The highest BCUT2D eigenvalue weighted by molar-refractivity contribution is 5.98. The summed E-state index contributed by atoms with van der Waals surface area (Å²) in [4.78, 5) is 26.5. The van der Waals surface area contributed by atoms with Crippen molar-refractivity contribution < 1.29 is 28.2 Å². The second-order valence-corrected chi connectivity index (χ2v) is 13.7. The molecule has 4 aliphatic rings. The van der Waals surface area contributed by atoms with Crippen molar-refractivity contribution in [2.24, 2.45) is 17.8 Å². The van der Waals surface area contributed by atoms with Crippen molar-refractivity contribution in [2.45, 2.75) is 83.7 Å². The maximum Gasteiger partial charge on any atom is 0.343 e. The third kappa shape index (κ3) is 5.04. The summed E-state index contributed by atoms with van der Waals surface area (Å²) in [6, 6.07) is 7.52. The van der Waals surface area contributed by atoms with Crippen molar-refractivity contribution in [3.05, 3.63) is 57.6 Å². The molecule has 0 spiro atoms. The first kappa shape index (κ1) is 27.9. The molecular formula is C32H42O6Si. The van der Waals surface area contributed by atoms with Crippen molar-refractivity contribution in [2.75, 3.05) is 14.2 Å². The Morgan fingerprint density at radius 3 is 2.10 bits per heavy atom. The van der Waals surface area contributed by atoms with E-state index in [1.165, 1.54) is 45.6 Å². The fourth-order valence-electron chi connectivity index (χ4n) is 8.19. The van der Waals surface area contributed by atoms with Crippen LogP contribution in [-0.2, 0) is 26.6 Å². The van der Waals surface area contributed by atoms with Gasteiger partial charge in [0.1, 0.15) is 22.0 Å². The molecule has 210 valence electrons. The second-order valence-electron chi connectivity index (χ2n) is 13.1. The fraction of sp³-hybridized carbons (Fsp3) is 0.562. The summed E-state index contributed by atoms with van der Waals surface area (Å²) in [5.74, 6) is 2.87. The molecule has 4 saturated carbocycles. The molecule has 0 aliphatic heterocycles. The van der Waals surface area contributed by atoms with Crippen LogP contribution in [0.5, 0.6) is 11.5 Å². The van der Waals surface area contributed by atoms with E-state index in [9.17, 15) is 9.59 Å². The Hall–Kier alpha value is -2.64. The summed E-state index contributed by atoms with van der Waals surface area (Å²) < 4.78 is 22.8. The number of hydrogen-bond acceptors (Lipinski definition) is 6. The Balaban J connectivity index is 1.55. The van der Waals surface area contributed by atoms with E-state index < -0.39 is 17.4 Å². The number of carbonyl (C=O) groups is 2. The van der Waals surface area contributed by atoms with Gasteiger partial charge in [0.25, 0.3) is 0 Å². The van der Waals surface area contributed by atoms with Crippen LogP contribution < -0.4 is 9.47 Å². The van der Waals surface area contributed by atoms with Crippen LogP contribution in [0.15, 0.2) is 24.3 Å². The Morgan fingerprint density at radius 2 is 1.59 bits per heavy atom. The monoisotopic (exact) mass is 550 g/mol. The zero-order chi connectivity index (χ0) is 28.1. The molecule has 0 N–H and O–H groups in total. The first-order valence-electron chi connectivity index (χ1n) is 14.1. The van der Waals surface area contributed by atoms with Crippen LogP contribution in [-0.4, -0.2) is 36.6 Å². The zero-order valence-corrected chi connectivity index (χ0v) is 26.4. The minimum Gasteiger partial charge on any atom is -0.496 e. The third-order valence-corrected chi connectivity index (χ3v) is 9.55. The van der Waals surface area contributed by atoms with E-state index in [0.29, 0.717) is 38.5 Å². The Labute approximate surface area is 235 Å². The molecule has 2 aromatic carbocycles. The molecule has 39 heavy (non-hydrogen) atoms. The fourth-order valence-corrected chi connectivity index (χ4v) is 8.48. The van der Waals surface area contributed by atoms with Crippen molar-refractivity contribution in [1.29, 1.82) is 0 Å². The number of carbonyl (C=O) groups excluding carboxylic acids is 2. The quantitative estimate of drug-likeness (QED) is 0.255. The van der Waals surface area contributed by atoms with Gasteiger partial charge in [-0.2, -0.15) is 0 Å². The molecule has 6 rings (SSSR count). The lowest BCUT2D eigenvalue weighted by molar-refractivity contribution is -0.00618. The highest BCUT2D eigenvalue weighted by atomic mass is 28.2. The molecule has 4 aliphatic carbocycles. The van der Waals surface area contributed by atoms with Crippen molar-refractivity contribution >= 4 is 22.4 Å². The van der Waals surface area contributed by atoms with E-state index in [0.717, 1.165) is 34.6 Å². The third-order valence-electron chi connectivity index (χ3n) is 9.26. The van der Waals surface area contributed by atoms with Crippen LogP contribution in [0.4, 0.5) is 0 Å². The Morgan fingerprint density at radius 1 is 0.974 bits per heavy atom. The van der Waals surface area contributed by atoms with E-state index in [2.05, 4.69) is 20.8 Å². The SMILES string of the molecule is COC(=O)c1cc(C)c(OC(=O)c2ccc(OC)c(C34CC5CC(CC(C5)C3)C4)c2)c(C(C)(C)C)c1CO[SiH3]. The molecule has 0 radical (unpaired) electrons. The van der Waals surface area contributed by atoms with E-state index in [1.807, 2.05) is 25.1 Å². The van der Waals surface area contributed by atoms with Gasteiger partial charge in [-0.05, 0) is 109 Å². The van der Waals surface area contributed by atoms with Gasteiger partial charge < -0.3 is 18.6 Å². The van der Waals surface area contributed by atoms with Crippen LogP contribution in [0.1, 0.15) is 102 Å².